The zero-order valence-corrected chi connectivity index (χ0v) is 10.4. The van der Waals surface area contributed by atoms with Gasteiger partial charge in [0.05, 0.1) is 18.3 Å². The highest BCUT2D eigenvalue weighted by Gasteiger charge is 2.11. The number of nitrogen functional groups attached to an aromatic ring is 1. The van der Waals surface area contributed by atoms with Gasteiger partial charge < -0.3 is 11.1 Å². The molecule has 3 N–H and O–H groups in total. The van der Waals surface area contributed by atoms with E-state index < -0.39 is 0 Å². The van der Waals surface area contributed by atoms with E-state index in [0.29, 0.717) is 18.0 Å². The minimum atomic E-state index is 0.0295. The monoisotopic (exact) mass is 245 g/mol. The van der Waals surface area contributed by atoms with Crippen LogP contribution in [0.15, 0.2) is 30.5 Å². The number of rotatable bonds is 4. The summed E-state index contributed by atoms with van der Waals surface area (Å²) in [6.45, 7) is 0.762. The Balaban J connectivity index is 1.74. The van der Waals surface area contributed by atoms with Gasteiger partial charge in [-0.25, -0.2) is 0 Å². The first-order valence-corrected chi connectivity index (χ1v) is 6.36. The lowest BCUT2D eigenvalue weighted by atomic mass is 9.94. The van der Waals surface area contributed by atoms with Crippen molar-refractivity contribution in [3.8, 4) is 0 Å². The van der Waals surface area contributed by atoms with E-state index >= 15 is 0 Å². The number of aromatic nitrogens is 1. The number of nitrogens with two attached hydrogens (primary N) is 1. The number of carbonyl (C=O) groups is 1. The van der Waals surface area contributed by atoms with Crippen LogP contribution >= 0.6 is 0 Å². The summed E-state index contributed by atoms with van der Waals surface area (Å²) in [4.78, 5) is 15.9. The highest BCUT2D eigenvalue weighted by Crippen LogP contribution is 2.16. The third-order valence-corrected chi connectivity index (χ3v) is 3.15. The Morgan fingerprint density at radius 2 is 2.33 bits per heavy atom. The van der Waals surface area contributed by atoms with Crippen molar-refractivity contribution < 1.29 is 4.79 Å². The number of allylic oxidation sites excluding steroid dienone is 2. The molecule has 96 valence electrons. The predicted molar refractivity (Wildman–Crippen MR) is 71.8 cm³/mol. The number of hydrogen-bond acceptors (Lipinski definition) is 3. The fraction of sp³-hybridized carbons (Fsp3) is 0.429. The topological polar surface area (TPSA) is 68.0 Å². The van der Waals surface area contributed by atoms with Gasteiger partial charge in [0.2, 0.25) is 5.91 Å². The molecule has 0 aromatic carbocycles. The molecule has 0 radical (unpaired) electrons. The number of nitrogens with one attached hydrogen (secondary N) is 1. The van der Waals surface area contributed by atoms with Crippen LogP contribution in [0.4, 0.5) is 5.69 Å². The van der Waals surface area contributed by atoms with Crippen LogP contribution < -0.4 is 11.1 Å². The minimum Gasteiger partial charge on any atom is -0.397 e. The largest absolute Gasteiger partial charge is 0.397 e. The van der Waals surface area contributed by atoms with Crippen molar-refractivity contribution in [1.29, 1.82) is 0 Å². The summed E-state index contributed by atoms with van der Waals surface area (Å²) in [6.07, 6.45) is 9.66. The standard InChI is InChI=1S/C14H19N3O/c15-12-6-7-13(16-10-12)8-14(18)17-9-11-4-2-1-3-5-11/h1-2,6-7,10-11H,3-5,8-9,15H2,(H,17,18). The first-order valence-electron chi connectivity index (χ1n) is 6.36. The zero-order valence-electron chi connectivity index (χ0n) is 10.4. The van der Waals surface area contributed by atoms with Crippen LogP contribution in [-0.2, 0) is 11.2 Å². The predicted octanol–water partition coefficient (Wildman–Crippen LogP) is 1.68. The van der Waals surface area contributed by atoms with E-state index in [2.05, 4.69) is 22.5 Å². The smallest absolute Gasteiger partial charge is 0.226 e. The second kappa shape index (κ2) is 6.19. The first kappa shape index (κ1) is 12.6. The molecule has 1 aliphatic rings. The Kier molecular flexibility index (Phi) is 4.34. The normalized spacial score (nSPS) is 18.6. The molecule has 4 nitrogen and oxygen atoms in total. The minimum absolute atomic E-state index is 0.0295. The van der Waals surface area contributed by atoms with E-state index in [0.717, 1.165) is 31.5 Å². The van der Waals surface area contributed by atoms with Gasteiger partial charge in [0.25, 0.3) is 0 Å². The van der Waals surface area contributed by atoms with Gasteiger partial charge in [-0.1, -0.05) is 12.2 Å². The number of amides is 1. The van der Waals surface area contributed by atoms with Crippen molar-refractivity contribution in [2.45, 2.75) is 25.7 Å². The van der Waals surface area contributed by atoms with Crippen molar-refractivity contribution >= 4 is 11.6 Å². The quantitative estimate of drug-likeness (QED) is 0.793. The molecule has 4 heteroatoms. The summed E-state index contributed by atoms with van der Waals surface area (Å²) >= 11 is 0. The maximum atomic E-state index is 11.7. The molecule has 1 aliphatic carbocycles. The summed E-state index contributed by atoms with van der Waals surface area (Å²) in [5.74, 6) is 0.611. The summed E-state index contributed by atoms with van der Waals surface area (Å²) in [6, 6.07) is 3.56. The van der Waals surface area contributed by atoms with Crippen LogP contribution in [0, 0.1) is 5.92 Å². The van der Waals surface area contributed by atoms with Crippen LogP contribution in [-0.4, -0.2) is 17.4 Å². The fourth-order valence-corrected chi connectivity index (χ4v) is 2.07. The lowest BCUT2D eigenvalue weighted by molar-refractivity contribution is -0.120. The zero-order chi connectivity index (χ0) is 12.8. The third-order valence-electron chi connectivity index (χ3n) is 3.15. The second-order valence-electron chi connectivity index (χ2n) is 4.71. The van der Waals surface area contributed by atoms with Crippen LogP contribution in [0.5, 0.6) is 0 Å². The lowest BCUT2D eigenvalue weighted by Crippen LogP contribution is -2.31. The summed E-state index contributed by atoms with van der Waals surface area (Å²) in [7, 11) is 0. The molecule has 0 aliphatic heterocycles. The van der Waals surface area contributed by atoms with Gasteiger partial charge in [0.15, 0.2) is 0 Å². The SMILES string of the molecule is Nc1ccc(CC(=O)NCC2CC=CCC2)nc1. The molecule has 0 spiro atoms. The molecule has 1 atom stereocenters. The Morgan fingerprint density at radius 3 is 3.00 bits per heavy atom. The van der Waals surface area contributed by atoms with Crippen LogP contribution in [0.2, 0.25) is 0 Å². The molecule has 1 amide bonds. The molecular formula is C14H19N3O. The van der Waals surface area contributed by atoms with Crippen molar-refractivity contribution in [3.05, 3.63) is 36.2 Å². The van der Waals surface area contributed by atoms with Crippen LogP contribution in [0.1, 0.15) is 25.0 Å². The van der Waals surface area contributed by atoms with E-state index in [-0.39, 0.29) is 5.91 Å². The molecule has 2 rings (SSSR count). The summed E-state index contributed by atoms with van der Waals surface area (Å²) < 4.78 is 0. The van der Waals surface area contributed by atoms with Gasteiger partial charge in [-0.05, 0) is 37.3 Å². The van der Waals surface area contributed by atoms with Gasteiger partial charge in [-0.3, -0.25) is 9.78 Å². The van der Waals surface area contributed by atoms with Gasteiger partial charge >= 0.3 is 0 Å². The van der Waals surface area contributed by atoms with Crippen LogP contribution in [0.3, 0.4) is 0 Å². The fourth-order valence-electron chi connectivity index (χ4n) is 2.07. The maximum Gasteiger partial charge on any atom is 0.226 e. The molecule has 0 fully saturated rings. The summed E-state index contributed by atoms with van der Waals surface area (Å²) in [5, 5.41) is 2.97. The van der Waals surface area contributed by atoms with E-state index in [4.69, 9.17) is 5.73 Å². The number of hydrogen-bond donors (Lipinski definition) is 2. The number of pyridine rings is 1. The highest BCUT2D eigenvalue weighted by molar-refractivity contribution is 5.78. The molecule has 0 saturated carbocycles. The average Bonchev–Trinajstić information content (AvgIpc) is 2.40. The highest BCUT2D eigenvalue weighted by atomic mass is 16.1. The van der Waals surface area contributed by atoms with Crippen molar-refractivity contribution in [2.75, 3.05) is 12.3 Å². The first-order chi connectivity index (χ1) is 8.74. The second-order valence-corrected chi connectivity index (χ2v) is 4.71. The Labute approximate surface area is 107 Å². The third kappa shape index (κ3) is 3.87. The van der Waals surface area contributed by atoms with Gasteiger partial charge in [0, 0.05) is 12.2 Å². The molecule has 1 heterocycles. The van der Waals surface area contributed by atoms with Crippen LogP contribution in [0.25, 0.3) is 0 Å². The molecular weight excluding hydrogens is 226 g/mol. The van der Waals surface area contributed by atoms with E-state index in [1.807, 2.05) is 0 Å². The number of carbonyl (C=O) groups excluding carboxylic acids is 1. The Hall–Kier alpha value is -1.84. The van der Waals surface area contributed by atoms with Crippen molar-refractivity contribution in [2.24, 2.45) is 5.92 Å². The maximum absolute atomic E-state index is 11.7. The Bertz CT molecular complexity index is 425. The van der Waals surface area contributed by atoms with Gasteiger partial charge in [-0.2, -0.15) is 0 Å². The lowest BCUT2D eigenvalue weighted by Gasteiger charge is -2.17. The van der Waals surface area contributed by atoms with Crippen molar-refractivity contribution in [1.82, 2.24) is 10.3 Å². The average molecular weight is 245 g/mol. The number of nitrogens with zero attached hydrogens (tertiary/aromatic N) is 1. The molecule has 0 saturated heterocycles. The van der Waals surface area contributed by atoms with Gasteiger partial charge in [-0.15, -0.1) is 0 Å². The molecule has 1 aromatic rings. The molecule has 1 aromatic heterocycles. The molecule has 18 heavy (non-hydrogen) atoms. The van der Waals surface area contributed by atoms with E-state index in [1.54, 1.807) is 18.3 Å². The van der Waals surface area contributed by atoms with E-state index in [9.17, 15) is 4.79 Å². The molecule has 0 bridgehead atoms. The molecule has 1 unspecified atom stereocenters. The van der Waals surface area contributed by atoms with E-state index in [1.165, 1.54) is 0 Å². The summed E-state index contributed by atoms with van der Waals surface area (Å²) in [5.41, 5.74) is 6.92. The number of anilines is 1. The van der Waals surface area contributed by atoms with Crippen molar-refractivity contribution in [3.63, 3.8) is 0 Å². The van der Waals surface area contributed by atoms with Gasteiger partial charge in [0.1, 0.15) is 0 Å². The Morgan fingerprint density at radius 1 is 1.44 bits per heavy atom.